The molecule has 0 amide bonds. The van der Waals surface area contributed by atoms with Crippen LogP contribution in [0.3, 0.4) is 0 Å². The first-order chi connectivity index (χ1) is 3.72. The Hall–Kier alpha value is 0.170. The quantitative estimate of drug-likeness (QED) is 0.326. The third-order valence-electron chi connectivity index (χ3n) is 1.68. The molecule has 0 aromatic carbocycles. The van der Waals surface area contributed by atoms with Gasteiger partial charge in [0.05, 0.1) is 0 Å². The Morgan fingerprint density at radius 3 is 2.11 bits per heavy atom. The SMILES string of the molecule is C[C@@H]1[NH2+]C[C@H](O)[C@@H]1O.[Cl-]. The standard InChI is InChI=1S/C5H11NO2.ClH/c1-3-5(8)4(7)2-6-3;/h3-8H,2H2,1H3;1H/t3-,4-,5+;/m0./s1. The van der Waals surface area contributed by atoms with E-state index in [4.69, 9.17) is 10.2 Å². The smallest absolute Gasteiger partial charge is 0.137 e. The van der Waals surface area contributed by atoms with Crippen LogP contribution in [0.15, 0.2) is 0 Å². The van der Waals surface area contributed by atoms with Crippen LogP contribution in [0.2, 0.25) is 0 Å². The highest BCUT2D eigenvalue weighted by Crippen LogP contribution is 1.98. The number of hydrogen-bond acceptors (Lipinski definition) is 2. The topological polar surface area (TPSA) is 57.1 Å². The van der Waals surface area contributed by atoms with Gasteiger partial charge < -0.3 is 27.9 Å². The molecular weight excluding hydrogens is 142 g/mol. The minimum atomic E-state index is -0.519. The van der Waals surface area contributed by atoms with Crippen LogP contribution >= 0.6 is 0 Å². The lowest BCUT2D eigenvalue weighted by molar-refractivity contribution is -0.671. The molecule has 0 aromatic rings. The fourth-order valence-electron chi connectivity index (χ4n) is 0.983. The van der Waals surface area contributed by atoms with E-state index in [9.17, 15) is 0 Å². The predicted octanol–water partition coefficient (Wildman–Crippen LogP) is -5.32. The van der Waals surface area contributed by atoms with Gasteiger partial charge in [-0.1, -0.05) is 0 Å². The highest BCUT2D eigenvalue weighted by atomic mass is 35.5. The fourth-order valence-corrected chi connectivity index (χ4v) is 0.983. The number of aliphatic hydroxyl groups excluding tert-OH is 2. The van der Waals surface area contributed by atoms with E-state index in [0.717, 1.165) is 0 Å². The Bertz CT molecular complexity index is 81.0. The molecule has 1 heterocycles. The molecule has 4 N–H and O–H groups in total. The van der Waals surface area contributed by atoms with E-state index < -0.39 is 12.2 Å². The molecule has 0 aliphatic carbocycles. The van der Waals surface area contributed by atoms with Gasteiger partial charge >= 0.3 is 0 Å². The Morgan fingerprint density at radius 1 is 1.44 bits per heavy atom. The van der Waals surface area contributed by atoms with Crippen LogP contribution < -0.4 is 17.7 Å². The van der Waals surface area contributed by atoms with E-state index in [1.165, 1.54) is 0 Å². The normalized spacial score (nSPS) is 42.3. The largest absolute Gasteiger partial charge is 1.00 e. The second kappa shape index (κ2) is 3.37. The van der Waals surface area contributed by atoms with Crippen LogP contribution in [-0.2, 0) is 0 Å². The summed E-state index contributed by atoms with van der Waals surface area (Å²) >= 11 is 0. The molecule has 1 saturated heterocycles. The maximum absolute atomic E-state index is 8.98. The molecule has 0 saturated carbocycles. The van der Waals surface area contributed by atoms with E-state index in [-0.39, 0.29) is 18.4 Å². The predicted molar refractivity (Wildman–Crippen MR) is 28.3 cm³/mol. The molecule has 0 radical (unpaired) electrons. The monoisotopic (exact) mass is 153 g/mol. The first-order valence-electron chi connectivity index (χ1n) is 2.91. The number of nitrogens with two attached hydrogens (primary N) is 1. The number of halogens is 1. The van der Waals surface area contributed by atoms with E-state index >= 15 is 0 Å². The van der Waals surface area contributed by atoms with Crippen molar-refractivity contribution in [3.63, 3.8) is 0 Å². The molecule has 4 heteroatoms. The molecular formula is C5H12ClNO2. The van der Waals surface area contributed by atoms with Gasteiger partial charge in [-0.2, -0.15) is 0 Å². The van der Waals surface area contributed by atoms with Crippen molar-refractivity contribution in [3.05, 3.63) is 0 Å². The summed E-state index contributed by atoms with van der Waals surface area (Å²) in [5.41, 5.74) is 0. The summed E-state index contributed by atoms with van der Waals surface area (Å²) in [6.45, 7) is 2.54. The minimum Gasteiger partial charge on any atom is -1.00 e. The summed E-state index contributed by atoms with van der Waals surface area (Å²) in [4.78, 5) is 0. The third-order valence-corrected chi connectivity index (χ3v) is 1.68. The van der Waals surface area contributed by atoms with Crippen molar-refractivity contribution in [2.75, 3.05) is 6.54 Å². The Balaban J connectivity index is 0.000000640. The lowest BCUT2D eigenvalue weighted by Gasteiger charge is -2.04. The van der Waals surface area contributed by atoms with E-state index in [1.54, 1.807) is 0 Å². The molecule has 1 fully saturated rings. The maximum atomic E-state index is 8.98. The van der Waals surface area contributed by atoms with Crippen molar-refractivity contribution in [3.8, 4) is 0 Å². The van der Waals surface area contributed by atoms with Gasteiger partial charge in [-0.3, -0.25) is 0 Å². The van der Waals surface area contributed by atoms with Crippen molar-refractivity contribution in [1.29, 1.82) is 0 Å². The summed E-state index contributed by atoms with van der Waals surface area (Å²) in [6, 6.07) is 0.171. The Labute approximate surface area is 60.5 Å². The zero-order valence-electron chi connectivity index (χ0n) is 5.29. The van der Waals surface area contributed by atoms with Crippen molar-refractivity contribution in [1.82, 2.24) is 0 Å². The zero-order valence-corrected chi connectivity index (χ0v) is 6.04. The van der Waals surface area contributed by atoms with Crippen LogP contribution in [0, 0.1) is 0 Å². The van der Waals surface area contributed by atoms with Gasteiger partial charge in [0.1, 0.15) is 24.8 Å². The summed E-state index contributed by atoms with van der Waals surface area (Å²) in [5, 5.41) is 19.8. The van der Waals surface area contributed by atoms with Gasteiger partial charge in [-0.15, -0.1) is 0 Å². The molecule has 0 unspecified atom stereocenters. The molecule has 0 aromatic heterocycles. The van der Waals surface area contributed by atoms with Crippen LogP contribution in [0.5, 0.6) is 0 Å². The van der Waals surface area contributed by atoms with E-state index in [1.807, 2.05) is 12.2 Å². The lowest BCUT2D eigenvalue weighted by atomic mass is 10.2. The van der Waals surface area contributed by atoms with Crippen LogP contribution in [0.1, 0.15) is 6.92 Å². The van der Waals surface area contributed by atoms with Crippen molar-refractivity contribution < 1.29 is 27.9 Å². The van der Waals surface area contributed by atoms with Gasteiger partial charge in [0.2, 0.25) is 0 Å². The lowest BCUT2D eigenvalue weighted by Crippen LogP contribution is -3.00. The Kier molecular flexibility index (Phi) is 3.43. The van der Waals surface area contributed by atoms with Crippen molar-refractivity contribution >= 4 is 0 Å². The molecule has 3 atom stereocenters. The van der Waals surface area contributed by atoms with E-state index in [0.29, 0.717) is 6.54 Å². The number of quaternary nitrogens is 1. The first-order valence-corrected chi connectivity index (χ1v) is 2.91. The van der Waals surface area contributed by atoms with Gasteiger partial charge in [-0.25, -0.2) is 0 Å². The molecule has 3 nitrogen and oxygen atoms in total. The third kappa shape index (κ3) is 1.79. The fraction of sp³-hybridized carbons (Fsp3) is 1.00. The van der Waals surface area contributed by atoms with Crippen molar-refractivity contribution in [2.45, 2.75) is 25.2 Å². The first kappa shape index (κ1) is 9.17. The zero-order chi connectivity index (χ0) is 6.15. The van der Waals surface area contributed by atoms with Crippen LogP contribution in [0.4, 0.5) is 0 Å². The highest BCUT2D eigenvalue weighted by Gasteiger charge is 2.33. The summed E-state index contributed by atoms with van der Waals surface area (Å²) in [5.74, 6) is 0. The Morgan fingerprint density at radius 2 is 2.00 bits per heavy atom. The van der Waals surface area contributed by atoms with Gasteiger partial charge in [0.25, 0.3) is 0 Å². The molecule has 1 aliphatic rings. The van der Waals surface area contributed by atoms with Crippen molar-refractivity contribution in [2.24, 2.45) is 0 Å². The molecule has 9 heavy (non-hydrogen) atoms. The molecule has 1 rings (SSSR count). The van der Waals surface area contributed by atoms with Gasteiger partial charge in [0.15, 0.2) is 0 Å². The number of rotatable bonds is 0. The molecule has 0 bridgehead atoms. The average Bonchev–Trinajstić information content (AvgIpc) is 1.98. The molecule has 1 aliphatic heterocycles. The molecule has 0 spiro atoms. The van der Waals surface area contributed by atoms with Crippen LogP contribution in [-0.4, -0.2) is 35.0 Å². The minimum absolute atomic E-state index is 0. The highest BCUT2D eigenvalue weighted by molar-refractivity contribution is 4.75. The van der Waals surface area contributed by atoms with Gasteiger partial charge in [-0.05, 0) is 6.92 Å². The summed E-state index contributed by atoms with van der Waals surface area (Å²) < 4.78 is 0. The average molecular weight is 154 g/mol. The van der Waals surface area contributed by atoms with E-state index in [2.05, 4.69) is 0 Å². The number of aliphatic hydroxyl groups is 2. The summed E-state index contributed by atoms with van der Waals surface area (Å²) in [7, 11) is 0. The second-order valence-corrected chi connectivity index (χ2v) is 2.39. The maximum Gasteiger partial charge on any atom is 0.137 e. The molecule has 56 valence electrons. The summed E-state index contributed by atoms with van der Waals surface area (Å²) in [6.07, 6.45) is -1.03. The van der Waals surface area contributed by atoms with Gasteiger partial charge in [0, 0.05) is 0 Å². The second-order valence-electron chi connectivity index (χ2n) is 2.39. The number of hydrogen-bond donors (Lipinski definition) is 3. The van der Waals surface area contributed by atoms with Crippen LogP contribution in [0.25, 0.3) is 0 Å².